The Labute approximate surface area is 150 Å². The number of likely N-dealkylation sites (tertiary alicyclic amines) is 1. The van der Waals surface area contributed by atoms with Gasteiger partial charge >= 0.3 is 0 Å². The molecule has 0 amide bonds. The van der Waals surface area contributed by atoms with Crippen LogP contribution in [0.3, 0.4) is 0 Å². The monoisotopic (exact) mass is 362 g/mol. The highest BCUT2D eigenvalue weighted by atomic mass is 32.2. The number of aromatic nitrogens is 3. The number of thioether (sulfide) groups is 1. The van der Waals surface area contributed by atoms with Crippen molar-refractivity contribution in [1.29, 1.82) is 0 Å². The van der Waals surface area contributed by atoms with Gasteiger partial charge in [0.15, 0.2) is 11.0 Å². The quantitative estimate of drug-likeness (QED) is 0.833. The van der Waals surface area contributed by atoms with Crippen LogP contribution in [0.1, 0.15) is 48.2 Å². The summed E-state index contributed by atoms with van der Waals surface area (Å²) in [5.41, 5.74) is 0. The van der Waals surface area contributed by atoms with Gasteiger partial charge in [-0.2, -0.15) is 4.68 Å². The van der Waals surface area contributed by atoms with Crippen molar-refractivity contribution in [2.75, 3.05) is 13.1 Å². The summed E-state index contributed by atoms with van der Waals surface area (Å²) in [6, 6.07) is 4.37. The number of aryl methyl sites for hydroxylation is 1. The summed E-state index contributed by atoms with van der Waals surface area (Å²) in [5, 5.41) is 7.10. The molecule has 1 fully saturated rings. The fourth-order valence-electron chi connectivity index (χ4n) is 3.48. The molecule has 4 heterocycles. The van der Waals surface area contributed by atoms with Crippen molar-refractivity contribution in [3.63, 3.8) is 0 Å². The third-order valence-electron chi connectivity index (χ3n) is 4.96. The van der Waals surface area contributed by atoms with Crippen LogP contribution in [0.25, 0.3) is 0 Å². The zero-order valence-electron chi connectivity index (χ0n) is 14.0. The highest BCUT2D eigenvalue weighted by molar-refractivity contribution is 8.01. The molecule has 0 radical (unpaired) electrons. The first kappa shape index (κ1) is 16.3. The first-order valence-electron chi connectivity index (χ1n) is 8.61. The second-order valence-corrected chi connectivity index (χ2v) is 8.72. The molecule has 2 unspecified atom stereocenters. The summed E-state index contributed by atoms with van der Waals surface area (Å²) >= 11 is 3.33. The molecule has 7 heteroatoms. The van der Waals surface area contributed by atoms with Gasteiger partial charge in [-0.1, -0.05) is 31.7 Å². The molecule has 0 saturated carbocycles. The largest absolute Gasteiger partial charge is 0.294 e. The Balaban J connectivity index is 1.63. The Hall–Kier alpha value is -1.18. The van der Waals surface area contributed by atoms with Crippen LogP contribution in [0.4, 0.5) is 0 Å². The smallest absolute Gasteiger partial charge is 0.264 e. The summed E-state index contributed by atoms with van der Waals surface area (Å²) < 4.78 is 1.53. The number of thiophene rings is 1. The van der Waals surface area contributed by atoms with Crippen LogP contribution in [0.2, 0.25) is 0 Å². The van der Waals surface area contributed by atoms with Gasteiger partial charge in [0.25, 0.3) is 5.91 Å². The number of rotatable bonds is 4. The Bertz CT molecular complexity index is 719. The standard InChI is InChI=1S/C17H22N4OS2/c1-3-13-18-17-21(19-13)16(22)15(24-17)14(12-5-4-10-23-12)20-8-6-11(2)7-9-20/h4-5,10-11,14-15H,3,6-9H2,1-2H3. The van der Waals surface area contributed by atoms with E-state index in [4.69, 9.17) is 0 Å². The van der Waals surface area contributed by atoms with Gasteiger partial charge in [0.2, 0.25) is 0 Å². The lowest BCUT2D eigenvalue weighted by Crippen LogP contribution is -2.42. The molecule has 128 valence electrons. The van der Waals surface area contributed by atoms with E-state index in [0.717, 1.165) is 36.4 Å². The fraction of sp³-hybridized carbons (Fsp3) is 0.588. The lowest BCUT2D eigenvalue weighted by molar-refractivity contribution is 0.0803. The summed E-state index contributed by atoms with van der Waals surface area (Å²) in [4.78, 5) is 21.3. The highest BCUT2D eigenvalue weighted by Gasteiger charge is 2.43. The van der Waals surface area contributed by atoms with E-state index in [1.807, 2.05) is 6.92 Å². The normalized spacial score (nSPS) is 23.6. The molecule has 0 bridgehead atoms. The van der Waals surface area contributed by atoms with Gasteiger partial charge in [0.05, 0.1) is 6.04 Å². The molecule has 2 aromatic heterocycles. The van der Waals surface area contributed by atoms with Crippen LogP contribution < -0.4 is 0 Å². The Kier molecular flexibility index (Phi) is 4.49. The molecule has 2 aromatic rings. The summed E-state index contributed by atoms with van der Waals surface area (Å²) in [5.74, 6) is 1.62. The predicted octanol–water partition coefficient (Wildman–Crippen LogP) is 3.49. The van der Waals surface area contributed by atoms with Crippen molar-refractivity contribution in [2.45, 2.75) is 49.6 Å². The molecule has 24 heavy (non-hydrogen) atoms. The van der Waals surface area contributed by atoms with E-state index in [-0.39, 0.29) is 17.2 Å². The number of carbonyl (C=O) groups is 1. The lowest BCUT2D eigenvalue weighted by Gasteiger charge is -2.38. The van der Waals surface area contributed by atoms with Gasteiger partial charge in [-0.3, -0.25) is 9.69 Å². The third-order valence-corrected chi connectivity index (χ3v) is 7.09. The van der Waals surface area contributed by atoms with Gasteiger partial charge in [-0.05, 0) is 43.3 Å². The SMILES string of the molecule is CCc1nc2n(n1)C(=O)C(C(c1cccs1)N1CCC(C)CC1)S2. The molecule has 5 nitrogen and oxygen atoms in total. The molecule has 0 spiro atoms. The number of nitrogens with zero attached hydrogens (tertiary/aromatic N) is 4. The van der Waals surface area contributed by atoms with Crippen LogP contribution >= 0.6 is 23.1 Å². The van der Waals surface area contributed by atoms with Crippen LogP contribution in [0.15, 0.2) is 22.7 Å². The van der Waals surface area contributed by atoms with Crippen LogP contribution in [0.5, 0.6) is 0 Å². The molecule has 2 atom stereocenters. The molecule has 2 aliphatic heterocycles. The van der Waals surface area contributed by atoms with Crippen LogP contribution in [-0.4, -0.2) is 43.9 Å². The number of fused-ring (bicyclic) bond motifs is 1. The highest BCUT2D eigenvalue weighted by Crippen LogP contribution is 2.43. The van der Waals surface area contributed by atoms with Crippen molar-refractivity contribution in [1.82, 2.24) is 19.7 Å². The van der Waals surface area contributed by atoms with Crippen molar-refractivity contribution in [2.24, 2.45) is 5.92 Å². The Morgan fingerprint density at radius 2 is 2.17 bits per heavy atom. The minimum Gasteiger partial charge on any atom is -0.294 e. The zero-order chi connectivity index (χ0) is 16.7. The van der Waals surface area contributed by atoms with E-state index in [1.54, 1.807) is 23.1 Å². The van der Waals surface area contributed by atoms with Gasteiger partial charge in [0.1, 0.15) is 5.25 Å². The molecule has 2 aliphatic rings. The first-order valence-corrected chi connectivity index (χ1v) is 10.4. The van der Waals surface area contributed by atoms with Crippen LogP contribution in [-0.2, 0) is 6.42 Å². The topological polar surface area (TPSA) is 51.0 Å². The lowest BCUT2D eigenvalue weighted by atomic mass is 9.96. The van der Waals surface area contributed by atoms with Gasteiger partial charge in [0, 0.05) is 11.3 Å². The van der Waals surface area contributed by atoms with E-state index in [1.165, 1.54) is 22.4 Å². The number of piperidine rings is 1. The Morgan fingerprint density at radius 1 is 1.38 bits per heavy atom. The van der Waals surface area contributed by atoms with Gasteiger partial charge in [-0.25, -0.2) is 4.98 Å². The minimum absolute atomic E-state index is 0.0826. The molecule has 0 aliphatic carbocycles. The van der Waals surface area contributed by atoms with E-state index >= 15 is 0 Å². The summed E-state index contributed by atoms with van der Waals surface area (Å²) in [7, 11) is 0. The maximum absolute atomic E-state index is 13.0. The van der Waals surface area contributed by atoms with Crippen LogP contribution in [0, 0.1) is 5.92 Å². The summed E-state index contributed by atoms with van der Waals surface area (Å²) in [6.45, 7) is 6.45. The van der Waals surface area contributed by atoms with Crippen molar-refractivity contribution in [3.8, 4) is 0 Å². The summed E-state index contributed by atoms with van der Waals surface area (Å²) in [6.07, 6.45) is 3.17. The molecular weight excluding hydrogens is 340 g/mol. The van der Waals surface area contributed by atoms with Crippen molar-refractivity contribution < 1.29 is 4.79 Å². The third kappa shape index (κ3) is 2.82. The first-order chi connectivity index (χ1) is 11.7. The number of hydrogen-bond acceptors (Lipinski definition) is 6. The Morgan fingerprint density at radius 3 is 2.79 bits per heavy atom. The van der Waals surface area contributed by atoms with Gasteiger partial charge in [-0.15, -0.1) is 16.4 Å². The molecule has 0 aromatic carbocycles. The number of hydrogen-bond donors (Lipinski definition) is 0. The van der Waals surface area contributed by atoms with E-state index in [0.29, 0.717) is 0 Å². The van der Waals surface area contributed by atoms with Crippen molar-refractivity contribution >= 4 is 29.0 Å². The van der Waals surface area contributed by atoms with Gasteiger partial charge < -0.3 is 0 Å². The fourth-order valence-corrected chi connectivity index (χ4v) is 5.73. The average Bonchev–Trinajstić information content (AvgIpc) is 3.29. The van der Waals surface area contributed by atoms with E-state index in [2.05, 4.69) is 39.4 Å². The van der Waals surface area contributed by atoms with Crippen molar-refractivity contribution in [3.05, 3.63) is 28.2 Å². The molecule has 0 N–H and O–H groups in total. The molecule has 4 rings (SSSR count). The zero-order valence-corrected chi connectivity index (χ0v) is 15.6. The van der Waals surface area contributed by atoms with E-state index in [9.17, 15) is 4.79 Å². The molecular formula is C17H22N4OS2. The number of carbonyl (C=O) groups excluding carboxylic acids is 1. The predicted molar refractivity (Wildman–Crippen MR) is 96.7 cm³/mol. The van der Waals surface area contributed by atoms with E-state index < -0.39 is 0 Å². The molecule has 1 saturated heterocycles. The minimum atomic E-state index is -0.141. The maximum atomic E-state index is 13.0. The average molecular weight is 363 g/mol. The maximum Gasteiger partial charge on any atom is 0.264 e. The second kappa shape index (κ2) is 6.61. The second-order valence-electron chi connectivity index (χ2n) is 6.63.